The van der Waals surface area contributed by atoms with Crippen LogP contribution in [0.5, 0.6) is 0 Å². The van der Waals surface area contributed by atoms with Crippen LogP contribution < -0.4 is 5.32 Å². The standard InChI is InChI=1S/C19H29N3O3S.ClH/c1-3-26(24,25)21(2)18-8-12-22(13-9-18)19(23)17-5-4-15-6-10-20-11-7-16(15)14-17;/h4-5,14,18,20H,3,6-13H2,1-2H3;1H. The van der Waals surface area contributed by atoms with Crippen molar-refractivity contribution in [1.29, 1.82) is 0 Å². The Morgan fingerprint density at radius 2 is 1.81 bits per heavy atom. The lowest BCUT2D eigenvalue weighted by Gasteiger charge is -2.36. The van der Waals surface area contributed by atoms with Crippen molar-refractivity contribution in [2.45, 2.75) is 38.6 Å². The molecule has 2 aliphatic rings. The maximum Gasteiger partial charge on any atom is 0.253 e. The Morgan fingerprint density at radius 3 is 2.44 bits per heavy atom. The molecule has 1 aromatic rings. The number of piperidine rings is 1. The van der Waals surface area contributed by atoms with Gasteiger partial charge in [0.2, 0.25) is 10.0 Å². The minimum absolute atomic E-state index is 0. The molecule has 0 spiro atoms. The molecule has 2 aliphatic heterocycles. The molecule has 0 aliphatic carbocycles. The summed E-state index contributed by atoms with van der Waals surface area (Å²) in [6, 6.07) is 6.06. The molecule has 0 unspecified atom stereocenters. The molecule has 2 heterocycles. The number of nitrogens with zero attached hydrogens (tertiary/aromatic N) is 2. The molecule has 0 atom stereocenters. The number of amides is 1. The van der Waals surface area contributed by atoms with Gasteiger partial charge in [-0.15, -0.1) is 12.4 Å². The summed E-state index contributed by atoms with van der Waals surface area (Å²) in [6.45, 7) is 4.81. The second-order valence-electron chi connectivity index (χ2n) is 7.17. The topological polar surface area (TPSA) is 69.7 Å². The van der Waals surface area contributed by atoms with E-state index in [1.807, 2.05) is 17.0 Å². The fourth-order valence-electron chi connectivity index (χ4n) is 3.85. The van der Waals surface area contributed by atoms with Crippen LogP contribution in [0.15, 0.2) is 18.2 Å². The van der Waals surface area contributed by atoms with Gasteiger partial charge in [-0.3, -0.25) is 4.79 Å². The maximum atomic E-state index is 12.9. The first-order valence-corrected chi connectivity index (χ1v) is 11.1. The molecule has 1 amide bonds. The minimum atomic E-state index is -3.18. The molecule has 8 heteroatoms. The van der Waals surface area contributed by atoms with E-state index in [1.54, 1.807) is 14.0 Å². The zero-order chi connectivity index (χ0) is 18.7. The average molecular weight is 416 g/mol. The van der Waals surface area contributed by atoms with Gasteiger partial charge < -0.3 is 10.2 Å². The highest BCUT2D eigenvalue weighted by atomic mass is 35.5. The van der Waals surface area contributed by atoms with Crippen molar-refractivity contribution in [2.75, 3.05) is 39.0 Å². The Balaban J connectivity index is 0.00000261. The van der Waals surface area contributed by atoms with E-state index in [1.165, 1.54) is 15.4 Å². The highest BCUT2D eigenvalue weighted by Crippen LogP contribution is 2.22. The van der Waals surface area contributed by atoms with E-state index in [-0.39, 0.29) is 30.1 Å². The third-order valence-corrected chi connectivity index (χ3v) is 7.57. The van der Waals surface area contributed by atoms with Gasteiger partial charge in [0.05, 0.1) is 5.75 Å². The number of nitrogens with one attached hydrogen (secondary N) is 1. The zero-order valence-electron chi connectivity index (χ0n) is 16.1. The van der Waals surface area contributed by atoms with Crippen molar-refractivity contribution in [3.63, 3.8) is 0 Å². The predicted octanol–water partition coefficient (Wildman–Crippen LogP) is 1.68. The molecular formula is C19H30ClN3O3S. The summed E-state index contributed by atoms with van der Waals surface area (Å²) in [4.78, 5) is 14.7. The third kappa shape index (κ3) is 5.02. The number of rotatable bonds is 4. The molecule has 1 saturated heterocycles. The molecule has 0 saturated carbocycles. The lowest BCUT2D eigenvalue weighted by Crippen LogP contribution is -2.47. The molecule has 152 valence electrons. The van der Waals surface area contributed by atoms with Crippen molar-refractivity contribution >= 4 is 28.3 Å². The van der Waals surface area contributed by atoms with Crippen LogP contribution in [-0.2, 0) is 22.9 Å². The van der Waals surface area contributed by atoms with Crippen LogP contribution in [0.3, 0.4) is 0 Å². The number of carbonyl (C=O) groups is 1. The fourth-order valence-corrected chi connectivity index (χ4v) is 4.92. The zero-order valence-corrected chi connectivity index (χ0v) is 17.7. The van der Waals surface area contributed by atoms with Crippen molar-refractivity contribution < 1.29 is 13.2 Å². The van der Waals surface area contributed by atoms with Crippen LogP contribution >= 0.6 is 12.4 Å². The molecule has 0 bridgehead atoms. The summed E-state index contributed by atoms with van der Waals surface area (Å²) in [7, 11) is -1.52. The molecular weight excluding hydrogens is 386 g/mol. The molecule has 0 radical (unpaired) electrons. The largest absolute Gasteiger partial charge is 0.339 e. The molecule has 1 aromatic carbocycles. The van der Waals surface area contributed by atoms with Crippen LogP contribution in [0.2, 0.25) is 0 Å². The molecule has 1 N–H and O–H groups in total. The molecule has 1 fully saturated rings. The Bertz CT molecular complexity index is 761. The van der Waals surface area contributed by atoms with Crippen molar-refractivity contribution in [3.05, 3.63) is 34.9 Å². The number of benzene rings is 1. The molecule has 0 aromatic heterocycles. The lowest BCUT2D eigenvalue weighted by atomic mass is 9.98. The first-order chi connectivity index (χ1) is 12.4. The van der Waals surface area contributed by atoms with E-state index < -0.39 is 10.0 Å². The van der Waals surface area contributed by atoms with Crippen LogP contribution in [0, 0.1) is 0 Å². The molecule has 3 rings (SSSR count). The number of hydrogen-bond acceptors (Lipinski definition) is 4. The SMILES string of the molecule is CCS(=O)(=O)N(C)C1CCN(C(=O)c2ccc3c(c2)CCNCC3)CC1.Cl. The normalized spacial score (nSPS) is 18.6. The lowest BCUT2D eigenvalue weighted by molar-refractivity contribution is 0.0686. The minimum Gasteiger partial charge on any atom is -0.339 e. The number of halogens is 1. The van der Waals surface area contributed by atoms with E-state index >= 15 is 0 Å². The second-order valence-corrected chi connectivity index (χ2v) is 9.49. The first-order valence-electron chi connectivity index (χ1n) is 9.50. The van der Waals surface area contributed by atoms with Gasteiger partial charge in [-0.25, -0.2) is 12.7 Å². The summed E-state index contributed by atoms with van der Waals surface area (Å²) in [5.41, 5.74) is 3.35. The smallest absolute Gasteiger partial charge is 0.253 e. The van der Waals surface area contributed by atoms with Gasteiger partial charge in [0.25, 0.3) is 5.91 Å². The van der Waals surface area contributed by atoms with Crippen molar-refractivity contribution in [3.8, 4) is 0 Å². The Hall–Kier alpha value is -1.15. The third-order valence-electron chi connectivity index (χ3n) is 5.66. The van der Waals surface area contributed by atoms with E-state index in [4.69, 9.17) is 0 Å². The average Bonchev–Trinajstić information content (AvgIpc) is 2.91. The summed E-state index contributed by atoms with van der Waals surface area (Å²) in [5, 5.41) is 3.39. The Labute approximate surface area is 168 Å². The number of hydrogen-bond donors (Lipinski definition) is 1. The molecule has 27 heavy (non-hydrogen) atoms. The summed E-state index contributed by atoms with van der Waals surface area (Å²) in [6.07, 6.45) is 3.35. The first kappa shape index (κ1) is 22.1. The van der Waals surface area contributed by atoms with Crippen molar-refractivity contribution in [2.24, 2.45) is 0 Å². The number of likely N-dealkylation sites (tertiary alicyclic amines) is 1. The Morgan fingerprint density at radius 1 is 1.19 bits per heavy atom. The number of sulfonamides is 1. The van der Waals surface area contributed by atoms with Gasteiger partial charge in [-0.1, -0.05) is 6.07 Å². The number of carbonyl (C=O) groups excluding carboxylic acids is 1. The van der Waals surface area contributed by atoms with Gasteiger partial charge in [0.15, 0.2) is 0 Å². The van der Waals surface area contributed by atoms with Gasteiger partial charge in [-0.05, 0) is 69.0 Å². The van der Waals surface area contributed by atoms with E-state index in [2.05, 4.69) is 11.4 Å². The van der Waals surface area contributed by atoms with E-state index in [0.717, 1.165) is 31.5 Å². The van der Waals surface area contributed by atoms with E-state index in [9.17, 15) is 13.2 Å². The quantitative estimate of drug-likeness (QED) is 0.812. The molecule has 6 nitrogen and oxygen atoms in total. The van der Waals surface area contributed by atoms with Gasteiger partial charge in [0, 0.05) is 31.7 Å². The van der Waals surface area contributed by atoms with Crippen LogP contribution in [0.4, 0.5) is 0 Å². The van der Waals surface area contributed by atoms with Gasteiger partial charge >= 0.3 is 0 Å². The van der Waals surface area contributed by atoms with Crippen LogP contribution in [-0.4, -0.2) is 68.6 Å². The highest BCUT2D eigenvalue weighted by molar-refractivity contribution is 7.89. The van der Waals surface area contributed by atoms with E-state index in [0.29, 0.717) is 25.9 Å². The van der Waals surface area contributed by atoms with Gasteiger partial charge in [0.1, 0.15) is 0 Å². The van der Waals surface area contributed by atoms with Gasteiger partial charge in [-0.2, -0.15) is 0 Å². The fraction of sp³-hybridized carbons (Fsp3) is 0.632. The van der Waals surface area contributed by atoms with Crippen LogP contribution in [0.25, 0.3) is 0 Å². The summed E-state index contributed by atoms with van der Waals surface area (Å²) in [5.74, 6) is 0.177. The van der Waals surface area contributed by atoms with Crippen LogP contribution in [0.1, 0.15) is 41.3 Å². The Kier molecular flexibility index (Phi) is 7.68. The van der Waals surface area contributed by atoms with Crippen molar-refractivity contribution in [1.82, 2.24) is 14.5 Å². The maximum absolute atomic E-state index is 12.9. The number of fused-ring (bicyclic) bond motifs is 1. The second kappa shape index (κ2) is 9.37. The predicted molar refractivity (Wildman–Crippen MR) is 110 cm³/mol. The summed E-state index contributed by atoms with van der Waals surface area (Å²) >= 11 is 0. The summed E-state index contributed by atoms with van der Waals surface area (Å²) < 4.78 is 25.6. The highest BCUT2D eigenvalue weighted by Gasteiger charge is 2.30. The monoisotopic (exact) mass is 415 g/mol.